The van der Waals surface area contributed by atoms with Crippen LogP contribution >= 0.6 is 15.9 Å². The van der Waals surface area contributed by atoms with E-state index in [0.717, 1.165) is 17.4 Å². The molecule has 1 aromatic carbocycles. The van der Waals surface area contributed by atoms with Crippen LogP contribution in [0.4, 0.5) is 10.2 Å². The summed E-state index contributed by atoms with van der Waals surface area (Å²) < 4.78 is 20.1. The lowest BCUT2D eigenvalue weighted by atomic mass is 10.1. The van der Waals surface area contributed by atoms with E-state index in [1.54, 1.807) is 12.1 Å². The summed E-state index contributed by atoms with van der Waals surface area (Å²) in [6, 6.07) is 4.70. The summed E-state index contributed by atoms with van der Waals surface area (Å²) in [7, 11) is 1.52. The Kier molecular flexibility index (Phi) is 4.89. The zero-order valence-electron chi connectivity index (χ0n) is 11.3. The van der Waals surface area contributed by atoms with Gasteiger partial charge in [-0.15, -0.1) is 0 Å². The van der Waals surface area contributed by atoms with Gasteiger partial charge in [-0.3, -0.25) is 0 Å². The fraction of sp³-hybridized carbons (Fsp3) is 0.286. The smallest absolute Gasteiger partial charge is 0.187 e. The summed E-state index contributed by atoms with van der Waals surface area (Å²) >= 11 is 3.33. The molecule has 2 aromatic rings. The third-order valence-corrected chi connectivity index (χ3v) is 3.23. The van der Waals surface area contributed by atoms with Crippen LogP contribution in [0.15, 0.2) is 29.0 Å². The van der Waals surface area contributed by atoms with E-state index in [1.807, 2.05) is 0 Å². The summed E-state index contributed by atoms with van der Waals surface area (Å²) in [5.74, 6) is 0.656. The Morgan fingerprint density at radius 3 is 2.85 bits per heavy atom. The molecule has 0 saturated carbocycles. The van der Waals surface area contributed by atoms with Gasteiger partial charge in [-0.25, -0.2) is 14.4 Å². The van der Waals surface area contributed by atoms with Crippen LogP contribution in [-0.4, -0.2) is 23.6 Å². The average Bonchev–Trinajstić information content (AvgIpc) is 2.47. The van der Waals surface area contributed by atoms with Crippen molar-refractivity contribution in [3.63, 3.8) is 0 Å². The average molecular weight is 340 g/mol. The molecule has 20 heavy (non-hydrogen) atoms. The second-order valence-electron chi connectivity index (χ2n) is 4.16. The van der Waals surface area contributed by atoms with Crippen molar-refractivity contribution in [2.75, 3.05) is 19.0 Å². The fourth-order valence-corrected chi connectivity index (χ4v) is 2.17. The highest BCUT2D eigenvalue weighted by Crippen LogP contribution is 2.35. The number of methoxy groups -OCH3 is 1. The van der Waals surface area contributed by atoms with E-state index in [2.05, 4.69) is 38.1 Å². The minimum atomic E-state index is -0.355. The zero-order chi connectivity index (χ0) is 14.5. The molecule has 106 valence electrons. The number of nitrogens with one attached hydrogen (secondary N) is 1. The van der Waals surface area contributed by atoms with Crippen LogP contribution in [0.3, 0.4) is 0 Å². The van der Waals surface area contributed by atoms with Crippen LogP contribution < -0.4 is 10.1 Å². The molecule has 0 amide bonds. The van der Waals surface area contributed by atoms with Crippen molar-refractivity contribution in [1.29, 1.82) is 0 Å². The molecule has 6 heteroatoms. The number of rotatable bonds is 5. The molecule has 0 spiro atoms. The van der Waals surface area contributed by atoms with Crippen LogP contribution in [0.5, 0.6) is 5.75 Å². The molecular weight excluding hydrogens is 325 g/mol. The zero-order valence-corrected chi connectivity index (χ0v) is 12.9. The Balaban J connectivity index is 2.53. The van der Waals surface area contributed by atoms with Crippen LogP contribution in [0, 0.1) is 5.82 Å². The summed E-state index contributed by atoms with van der Waals surface area (Å²) in [6.07, 6.45) is 2.35. The lowest BCUT2D eigenvalue weighted by Gasteiger charge is -2.13. The van der Waals surface area contributed by atoms with E-state index >= 15 is 0 Å². The Labute approximate surface area is 125 Å². The number of hydrogen-bond donors (Lipinski definition) is 1. The lowest BCUT2D eigenvalue weighted by Crippen LogP contribution is -2.06. The first-order chi connectivity index (χ1) is 9.67. The second-order valence-corrected chi connectivity index (χ2v) is 5.07. The Bertz CT molecular complexity index is 607. The number of halogens is 2. The number of benzene rings is 1. The van der Waals surface area contributed by atoms with Gasteiger partial charge in [-0.2, -0.15) is 0 Å². The predicted molar refractivity (Wildman–Crippen MR) is 80.5 cm³/mol. The van der Waals surface area contributed by atoms with Crippen molar-refractivity contribution in [2.45, 2.75) is 13.3 Å². The Morgan fingerprint density at radius 2 is 2.15 bits per heavy atom. The van der Waals surface area contributed by atoms with E-state index < -0.39 is 0 Å². The maximum atomic E-state index is 14.0. The molecule has 0 aliphatic rings. The van der Waals surface area contributed by atoms with Crippen LogP contribution in [0.1, 0.15) is 13.3 Å². The molecule has 0 aliphatic heterocycles. The Hall–Kier alpha value is -1.69. The van der Waals surface area contributed by atoms with Crippen LogP contribution in [0.2, 0.25) is 0 Å². The first-order valence-electron chi connectivity index (χ1n) is 6.25. The van der Waals surface area contributed by atoms with E-state index in [9.17, 15) is 4.39 Å². The van der Waals surface area contributed by atoms with Crippen LogP contribution in [0.25, 0.3) is 11.3 Å². The molecule has 4 nitrogen and oxygen atoms in total. The number of ether oxygens (including phenoxy) is 1. The maximum absolute atomic E-state index is 14.0. The molecule has 0 fully saturated rings. The molecule has 2 rings (SSSR count). The predicted octanol–water partition coefficient (Wildman–Crippen LogP) is 3.88. The normalized spacial score (nSPS) is 10.4. The highest BCUT2D eigenvalue weighted by atomic mass is 79.9. The van der Waals surface area contributed by atoms with Gasteiger partial charge in [-0.1, -0.05) is 22.9 Å². The number of nitrogens with zero attached hydrogens (tertiary/aromatic N) is 2. The number of aromatic nitrogens is 2. The van der Waals surface area contributed by atoms with Gasteiger partial charge >= 0.3 is 0 Å². The molecule has 1 heterocycles. The summed E-state index contributed by atoms with van der Waals surface area (Å²) in [4.78, 5) is 8.30. The minimum absolute atomic E-state index is 0.355. The second kappa shape index (κ2) is 6.65. The van der Waals surface area contributed by atoms with Crippen molar-refractivity contribution < 1.29 is 9.13 Å². The highest BCUT2D eigenvalue weighted by Gasteiger charge is 2.17. The van der Waals surface area contributed by atoms with E-state index in [0.29, 0.717) is 22.8 Å². The van der Waals surface area contributed by atoms with Gasteiger partial charge in [0.15, 0.2) is 11.6 Å². The first-order valence-corrected chi connectivity index (χ1v) is 7.05. The lowest BCUT2D eigenvalue weighted by molar-refractivity contribution is 0.414. The van der Waals surface area contributed by atoms with Crippen LogP contribution in [-0.2, 0) is 0 Å². The molecule has 0 saturated heterocycles. The molecule has 0 bridgehead atoms. The summed E-state index contributed by atoms with van der Waals surface area (Å²) in [5, 5.41) is 3.15. The first kappa shape index (κ1) is 14.7. The van der Waals surface area contributed by atoms with Gasteiger partial charge in [0.1, 0.15) is 17.8 Å². The fourth-order valence-electron chi connectivity index (χ4n) is 1.81. The largest absolute Gasteiger partial charge is 0.491 e. The molecule has 0 radical (unpaired) electrons. The molecule has 0 aliphatic carbocycles. The van der Waals surface area contributed by atoms with Gasteiger partial charge in [0, 0.05) is 16.6 Å². The topological polar surface area (TPSA) is 47.0 Å². The molecule has 0 atom stereocenters. The minimum Gasteiger partial charge on any atom is -0.491 e. The molecular formula is C14H15BrFN3O. The summed E-state index contributed by atoms with van der Waals surface area (Å²) in [6.45, 7) is 2.81. The van der Waals surface area contributed by atoms with Crippen molar-refractivity contribution in [3.05, 3.63) is 34.8 Å². The molecule has 1 N–H and O–H groups in total. The van der Waals surface area contributed by atoms with E-state index in [4.69, 9.17) is 4.74 Å². The van der Waals surface area contributed by atoms with Gasteiger partial charge in [0.05, 0.1) is 7.11 Å². The van der Waals surface area contributed by atoms with E-state index in [-0.39, 0.29) is 5.82 Å². The van der Waals surface area contributed by atoms with Crippen molar-refractivity contribution in [3.8, 4) is 17.0 Å². The van der Waals surface area contributed by atoms with Crippen molar-refractivity contribution in [1.82, 2.24) is 9.97 Å². The van der Waals surface area contributed by atoms with Crippen molar-refractivity contribution >= 4 is 21.7 Å². The SMILES string of the molecule is CCCNc1ncnc(-c2cc(Br)ccc2F)c1OC. The van der Waals surface area contributed by atoms with Gasteiger partial charge in [-0.05, 0) is 24.6 Å². The standard InChI is InChI=1S/C14H15BrFN3O/c1-3-6-17-14-13(20-2)12(18-8-19-14)10-7-9(15)4-5-11(10)16/h4-5,7-8H,3,6H2,1-2H3,(H,17,18,19). The van der Waals surface area contributed by atoms with Gasteiger partial charge in [0.25, 0.3) is 0 Å². The maximum Gasteiger partial charge on any atom is 0.187 e. The third kappa shape index (κ3) is 3.07. The van der Waals surface area contributed by atoms with Gasteiger partial charge < -0.3 is 10.1 Å². The van der Waals surface area contributed by atoms with E-state index in [1.165, 1.54) is 19.5 Å². The third-order valence-electron chi connectivity index (χ3n) is 2.73. The summed E-state index contributed by atoms with van der Waals surface area (Å²) in [5.41, 5.74) is 0.804. The van der Waals surface area contributed by atoms with Gasteiger partial charge in [0.2, 0.25) is 0 Å². The quantitative estimate of drug-likeness (QED) is 0.897. The Morgan fingerprint density at radius 1 is 1.35 bits per heavy atom. The number of anilines is 1. The number of hydrogen-bond acceptors (Lipinski definition) is 4. The highest BCUT2D eigenvalue weighted by molar-refractivity contribution is 9.10. The molecule has 1 aromatic heterocycles. The van der Waals surface area contributed by atoms with Crippen molar-refractivity contribution in [2.24, 2.45) is 0 Å². The molecule has 0 unspecified atom stereocenters. The monoisotopic (exact) mass is 339 g/mol.